The third-order valence-corrected chi connectivity index (χ3v) is 6.29. The maximum Gasteiger partial charge on any atom is 0.346 e. The monoisotopic (exact) mass is 332 g/mol. The van der Waals surface area contributed by atoms with E-state index >= 15 is 0 Å². The van der Waals surface area contributed by atoms with Crippen molar-refractivity contribution in [3.05, 3.63) is 21.9 Å². The van der Waals surface area contributed by atoms with E-state index in [1.54, 1.807) is 5.38 Å². The number of aromatic carboxylic acids is 1. The van der Waals surface area contributed by atoms with Crippen LogP contribution in [0.4, 0.5) is 0 Å². The molecule has 0 aliphatic heterocycles. The molecule has 0 unspecified atom stereocenters. The summed E-state index contributed by atoms with van der Waals surface area (Å²) in [5.74, 6) is -1.94. The lowest BCUT2D eigenvalue weighted by molar-refractivity contribution is -0.141. The lowest BCUT2D eigenvalue weighted by atomic mass is 10.1. The lowest BCUT2D eigenvalue weighted by Crippen LogP contribution is -2.22. The average Bonchev–Trinajstić information content (AvgIpc) is 2.94. The number of carbonyl (C=O) groups excluding carboxylic acids is 1. The maximum absolute atomic E-state index is 12.3. The molecule has 1 fully saturated rings. The Labute approximate surface area is 126 Å². The summed E-state index contributed by atoms with van der Waals surface area (Å²) in [5, 5.41) is 10.6. The molecule has 116 valence electrons. The molecule has 8 heteroatoms. The third-order valence-electron chi connectivity index (χ3n) is 3.55. The highest BCUT2D eigenvalue weighted by Crippen LogP contribution is 2.50. The third kappa shape index (κ3) is 4.04. The second-order valence-electron chi connectivity index (χ2n) is 5.37. The molecule has 0 radical (unpaired) electrons. The molecular formula is C13H16O6S2. The molecule has 0 atom stereocenters. The summed E-state index contributed by atoms with van der Waals surface area (Å²) >= 11 is 1.01. The zero-order chi connectivity index (χ0) is 15.7. The molecule has 1 aromatic rings. The topological polar surface area (TPSA) is 97.7 Å². The maximum atomic E-state index is 12.3. The number of hydrogen-bond acceptors (Lipinski definition) is 6. The largest absolute Gasteiger partial charge is 0.477 e. The van der Waals surface area contributed by atoms with Gasteiger partial charge >= 0.3 is 11.9 Å². The molecule has 0 bridgehead atoms. The van der Waals surface area contributed by atoms with E-state index in [0.29, 0.717) is 18.4 Å². The molecule has 1 heterocycles. The number of sulfone groups is 1. The Bertz CT molecular complexity index is 654. The predicted octanol–water partition coefficient (Wildman–Crippen LogP) is 1.70. The van der Waals surface area contributed by atoms with E-state index in [0.717, 1.165) is 11.3 Å². The van der Waals surface area contributed by atoms with Gasteiger partial charge in [-0.2, -0.15) is 0 Å². The summed E-state index contributed by atoms with van der Waals surface area (Å²) in [6.45, 7) is 0. The number of esters is 1. The van der Waals surface area contributed by atoms with Crippen LogP contribution in [0.5, 0.6) is 0 Å². The summed E-state index contributed by atoms with van der Waals surface area (Å²) in [5.41, 5.74) is -0.216. The molecule has 1 aliphatic rings. The van der Waals surface area contributed by atoms with Crippen molar-refractivity contribution in [3.8, 4) is 0 Å². The molecule has 0 saturated heterocycles. The van der Waals surface area contributed by atoms with Crippen LogP contribution in [0.1, 0.15) is 34.5 Å². The van der Waals surface area contributed by atoms with E-state index in [1.807, 2.05) is 0 Å². The van der Waals surface area contributed by atoms with Crippen molar-refractivity contribution in [1.29, 1.82) is 0 Å². The van der Waals surface area contributed by atoms with Crippen LogP contribution in [0.2, 0.25) is 0 Å². The van der Waals surface area contributed by atoms with Gasteiger partial charge in [-0.05, 0) is 35.3 Å². The minimum atomic E-state index is -3.47. The molecule has 1 N–H and O–H groups in total. The Balaban J connectivity index is 2.07. The van der Waals surface area contributed by atoms with E-state index in [9.17, 15) is 18.0 Å². The van der Waals surface area contributed by atoms with Crippen LogP contribution in [0.3, 0.4) is 0 Å². The fraction of sp³-hybridized carbons (Fsp3) is 0.538. The van der Waals surface area contributed by atoms with Crippen molar-refractivity contribution in [3.63, 3.8) is 0 Å². The molecule has 0 spiro atoms. The Hall–Kier alpha value is -1.41. The zero-order valence-corrected chi connectivity index (χ0v) is 13.1. The van der Waals surface area contributed by atoms with Crippen molar-refractivity contribution in [2.45, 2.75) is 25.0 Å². The Kier molecular flexibility index (Phi) is 4.38. The Morgan fingerprint density at radius 2 is 2.10 bits per heavy atom. The first-order valence-corrected chi connectivity index (χ1v) is 9.04. The fourth-order valence-corrected chi connectivity index (χ4v) is 5.31. The van der Waals surface area contributed by atoms with Crippen molar-refractivity contribution >= 4 is 33.1 Å². The van der Waals surface area contributed by atoms with E-state index in [4.69, 9.17) is 5.11 Å². The normalized spacial score (nSPS) is 16.4. The van der Waals surface area contributed by atoms with Gasteiger partial charge in [-0.25, -0.2) is 13.2 Å². The van der Waals surface area contributed by atoms with Gasteiger partial charge in [0.2, 0.25) is 0 Å². The van der Waals surface area contributed by atoms with Crippen LogP contribution in [0, 0.1) is 5.41 Å². The highest BCUT2D eigenvalue weighted by Gasteiger charge is 2.47. The van der Waals surface area contributed by atoms with E-state index < -0.39 is 27.2 Å². The van der Waals surface area contributed by atoms with Crippen LogP contribution in [-0.2, 0) is 25.1 Å². The summed E-state index contributed by atoms with van der Waals surface area (Å²) in [6.07, 6.45) is 1.45. The number of carboxylic acid groups (broad SMARTS) is 1. The predicted molar refractivity (Wildman–Crippen MR) is 77.1 cm³/mol. The molecule has 0 aromatic carbocycles. The van der Waals surface area contributed by atoms with Gasteiger partial charge in [0.1, 0.15) is 4.88 Å². The zero-order valence-electron chi connectivity index (χ0n) is 11.5. The number of ether oxygens (including phenoxy) is 1. The van der Waals surface area contributed by atoms with Gasteiger partial charge in [0.15, 0.2) is 9.84 Å². The minimum absolute atomic E-state index is 0.0522. The van der Waals surface area contributed by atoms with Gasteiger partial charge < -0.3 is 9.84 Å². The lowest BCUT2D eigenvalue weighted by Gasteiger charge is -2.13. The van der Waals surface area contributed by atoms with E-state index in [-0.39, 0.29) is 22.8 Å². The smallest absolute Gasteiger partial charge is 0.346 e. The van der Waals surface area contributed by atoms with Crippen LogP contribution >= 0.6 is 11.3 Å². The SMILES string of the molecule is COC(=O)CC1(CS(=O)(=O)Cc2ccsc2C(=O)O)CC1. The van der Waals surface area contributed by atoms with Gasteiger partial charge in [-0.1, -0.05) is 0 Å². The molecule has 21 heavy (non-hydrogen) atoms. The molecule has 1 aliphatic carbocycles. The van der Waals surface area contributed by atoms with Crippen molar-refractivity contribution < 1.29 is 27.9 Å². The number of rotatable bonds is 7. The number of carbonyl (C=O) groups is 2. The van der Waals surface area contributed by atoms with E-state index in [2.05, 4.69) is 4.74 Å². The summed E-state index contributed by atoms with van der Waals surface area (Å²) in [6, 6.07) is 1.52. The van der Waals surface area contributed by atoms with Crippen LogP contribution in [-0.4, -0.2) is 38.3 Å². The van der Waals surface area contributed by atoms with Gasteiger partial charge in [-0.3, -0.25) is 4.79 Å². The van der Waals surface area contributed by atoms with Gasteiger partial charge in [0.25, 0.3) is 0 Å². The second kappa shape index (κ2) is 5.76. The summed E-state index contributed by atoms with van der Waals surface area (Å²) in [7, 11) is -2.20. The van der Waals surface area contributed by atoms with Crippen LogP contribution < -0.4 is 0 Å². The number of hydrogen-bond donors (Lipinski definition) is 1. The Morgan fingerprint density at radius 1 is 1.43 bits per heavy atom. The summed E-state index contributed by atoms with van der Waals surface area (Å²) in [4.78, 5) is 22.4. The number of methoxy groups -OCH3 is 1. The molecule has 1 saturated carbocycles. The van der Waals surface area contributed by atoms with Crippen molar-refractivity contribution in [1.82, 2.24) is 0 Å². The number of thiophene rings is 1. The quantitative estimate of drug-likeness (QED) is 0.763. The fourth-order valence-electron chi connectivity index (χ4n) is 2.32. The standard InChI is InChI=1S/C13H16O6S2/c1-19-10(14)6-13(3-4-13)8-21(17,18)7-9-2-5-20-11(9)12(15)16/h2,5H,3-4,6-8H2,1H3,(H,15,16). The molecule has 1 aromatic heterocycles. The van der Waals surface area contributed by atoms with Crippen LogP contribution in [0.15, 0.2) is 11.4 Å². The molecule has 2 rings (SSSR count). The van der Waals surface area contributed by atoms with E-state index in [1.165, 1.54) is 13.2 Å². The first-order chi connectivity index (χ1) is 9.77. The van der Waals surface area contributed by atoms with Crippen molar-refractivity contribution in [2.24, 2.45) is 5.41 Å². The molecule has 0 amide bonds. The minimum Gasteiger partial charge on any atom is -0.477 e. The molecular weight excluding hydrogens is 316 g/mol. The molecule has 6 nitrogen and oxygen atoms in total. The van der Waals surface area contributed by atoms with Crippen LogP contribution in [0.25, 0.3) is 0 Å². The van der Waals surface area contributed by atoms with Gasteiger partial charge in [0, 0.05) is 0 Å². The first-order valence-electron chi connectivity index (χ1n) is 6.34. The second-order valence-corrected chi connectivity index (χ2v) is 8.35. The van der Waals surface area contributed by atoms with Gasteiger partial charge in [0.05, 0.1) is 25.0 Å². The van der Waals surface area contributed by atoms with Gasteiger partial charge in [-0.15, -0.1) is 11.3 Å². The first kappa shape index (κ1) is 16.0. The Morgan fingerprint density at radius 3 is 2.62 bits per heavy atom. The summed E-state index contributed by atoms with van der Waals surface area (Å²) < 4.78 is 29.1. The average molecular weight is 332 g/mol. The van der Waals surface area contributed by atoms with Crippen molar-refractivity contribution in [2.75, 3.05) is 12.9 Å². The number of carboxylic acids is 1. The highest BCUT2D eigenvalue weighted by molar-refractivity contribution is 7.90. The highest BCUT2D eigenvalue weighted by atomic mass is 32.2.